The number of unbranched alkanes of at least 4 members (excludes halogenated alkanes) is 2. The van der Waals surface area contributed by atoms with Crippen LogP contribution in [0.2, 0.25) is 10.6 Å². The van der Waals surface area contributed by atoms with Gasteiger partial charge in [-0.2, -0.15) is 0 Å². The Morgan fingerprint density at radius 3 is 2.68 bits per heavy atom. The molecule has 0 nitrogen and oxygen atoms in total. The van der Waals surface area contributed by atoms with Gasteiger partial charge in [0, 0.05) is 9.52 Å². The molecule has 2 unspecified atom stereocenters. The number of hydrogen-bond acceptors (Lipinski definition) is 0. The van der Waals surface area contributed by atoms with Crippen LogP contribution in [0.1, 0.15) is 52.9 Å². The fraction of sp³-hybridized carbons (Fsp3) is 0.556. The summed E-state index contributed by atoms with van der Waals surface area (Å²) in [5.41, 5.74) is 3.90. The van der Waals surface area contributed by atoms with Crippen molar-refractivity contribution in [3.63, 3.8) is 0 Å². The topological polar surface area (TPSA) is 0 Å². The van der Waals surface area contributed by atoms with E-state index in [4.69, 9.17) is 0 Å². The van der Waals surface area contributed by atoms with Crippen LogP contribution in [-0.4, -0.2) is 9.52 Å². The standard InChI is InChI=1S/C18H28Si/c1-4-5-7-10-18(11-8-6-9-12-18)19-17-14-15(2)13-16(17)3/h6,8-9,11,13-14,17H,4-5,7,10,12,19H2,1-3H3. The molecule has 2 aliphatic rings. The second kappa shape index (κ2) is 6.56. The molecule has 0 amide bonds. The summed E-state index contributed by atoms with van der Waals surface area (Å²) in [7, 11) is -0.155. The number of hydrogen-bond donors (Lipinski definition) is 0. The van der Waals surface area contributed by atoms with E-state index in [9.17, 15) is 0 Å². The molecule has 0 bridgehead atoms. The molecular formula is C18H28Si. The molecule has 2 aliphatic carbocycles. The Kier molecular flexibility index (Phi) is 5.03. The summed E-state index contributed by atoms with van der Waals surface area (Å²) in [6, 6.07) is 0. The van der Waals surface area contributed by atoms with E-state index in [-0.39, 0.29) is 9.52 Å². The normalized spacial score (nSPS) is 30.2. The molecule has 0 fully saturated rings. The third kappa shape index (κ3) is 3.82. The lowest BCUT2D eigenvalue weighted by atomic mass is 9.93. The second-order valence-corrected chi connectivity index (χ2v) is 9.12. The molecule has 0 aromatic carbocycles. The maximum Gasteiger partial charge on any atom is 0.0450 e. The largest absolute Gasteiger partial charge is 0.0840 e. The van der Waals surface area contributed by atoms with Gasteiger partial charge in [-0.05, 0) is 37.3 Å². The van der Waals surface area contributed by atoms with Crippen LogP contribution in [0, 0.1) is 0 Å². The van der Waals surface area contributed by atoms with Gasteiger partial charge in [-0.25, -0.2) is 0 Å². The fourth-order valence-corrected chi connectivity index (χ4v) is 6.36. The van der Waals surface area contributed by atoms with E-state index in [2.05, 4.69) is 57.2 Å². The van der Waals surface area contributed by atoms with Gasteiger partial charge in [0.2, 0.25) is 0 Å². The van der Waals surface area contributed by atoms with Gasteiger partial charge in [-0.3, -0.25) is 0 Å². The van der Waals surface area contributed by atoms with Crippen LogP contribution in [0.4, 0.5) is 0 Å². The lowest BCUT2D eigenvalue weighted by Crippen LogP contribution is -2.22. The summed E-state index contributed by atoms with van der Waals surface area (Å²) < 4.78 is 0. The minimum Gasteiger partial charge on any atom is -0.0840 e. The lowest BCUT2D eigenvalue weighted by Gasteiger charge is -2.33. The summed E-state index contributed by atoms with van der Waals surface area (Å²) in [5, 5.41) is 0.546. The van der Waals surface area contributed by atoms with Crippen molar-refractivity contribution in [3.05, 3.63) is 47.6 Å². The van der Waals surface area contributed by atoms with E-state index in [1.807, 2.05) is 0 Å². The molecule has 0 saturated heterocycles. The molecule has 0 aromatic rings. The van der Waals surface area contributed by atoms with Gasteiger partial charge < -0.3 is 0 Å². The van der Waals surface area contributed by atoms with E-state index in [1.54, 1.807) is 5.57 Å². The summed E-state index contributed by atoms with van der Waals surface area (Å²) >= 11 is 0. The average molecular weight is 273 g/mol. The van der Waals surface area contributed by atoms with Gasteiger partial charge in [0.05, 0.1) is 0 Å². The summed E-state index contributed by atoms with van der Waals surface area (Å²) in [6.45, 7) is 6.88. The van der Waals surface area contributed by atoms with Crippen molar-refractivity contribution < 1.29 is 0 Å². The molecule has 0 heterocycles. The predicted octanol–water partition coefficient (Wildman–Crippen LogP) is 5.11. The van der Waals surface area contributed by atoms with Crippen molar-refractivity contribution in [1.29, 1.82) is 0 Å². The maximum absolute atomic E-state index is 2.55. The molecule has 0 spiro atoms. The van der Waals surface area contributed by atoms with Crippen LogP contribution in [0.3, 0.4) is 0 Å². The Morgan fingerprint density at radius 2 is 2.11 bits per heavy atom. The molecule has 0 N–H and O–H groups in total. The first-order chi connectivity index (χ1) is 9.15. The average Bonchev–Trinajstić information content (AvgIpc) is 2.69. The monoisotopic (exact) mass is 272 g/mol. The summed E-state index contributed by atoms with van der Waals surface area (Å²) in [4.78, 5) is 0. The third-order valence-electron chi connectivity index (χ3n) is 4.63. The number of allylic oxidation sites excluding steroid dienone is 8. The van der Waals surface area contributed by atoms with Crippen LogP contribution < -0.4 is 0 Å². The molecule has 2 rings (SSSR count). The first kappa shape index (κ1) is 14.6. The van der Waals surface area contributed by atoms with Gasteiger partial charge in [-0.15, -0.1) is 0 Å². The Bertz CT molecular complexity index is 425. The second-order valence-electron chi connectivity index (χ2n) is 6.42. The fourth-order valence-electron chi connectivity index (χ4n) is 3.50. The van der Waals surface area contributed by atoms with E-state index in [0.29, 0.717) is 5.04 Å². The molecule has 2 atom stereocenters. The molecule has 19 heavy (non-hydrogen) atoms. The molecular weight excluding hydrogens is 244 g/mol. The highest BCUT2D eigenvalue weighted by molar-refractivity contribution is 6.45. The van der Waals surface area contributed by atoms with Crippen molar-refractivity contribution in [2.45, 2.75) is 63.5 Å². The molecule has 104 valence electrons. The molecule has 0 saturated carbocycles. The third-order valence-corrected chi connectivity index (χ3v) is 7.64. The molecule has 1 heteroatoms. The minimum absolute atomic E-state index is 0.155. The van der Waals surface area contributed by atoms with Crippen molar-refractivity contribution in [3.8, 4) is 0 Å². The molecule has 0 radical (unpaired) electrons. The van der Waals surface area contributed by atoms with Gasteiger partial charge in [0.1, 0.15) is 0 Å². The van der Waals surface area contributed by atoms with Gasteiger partial charge in [0.25, 0.3) is 0 Å². The van der Waals surface area contributed by atoms with Crippen molar-refractivity contribution in [2.24, 2.45) is 0 Å². The first-order valence-corrected chi connectivity index (χ1v) is 9.38. The Labute approximate surface area is 121 Å². The quantitative estimate of drug-likeness (QED) is 0.466. The zero-order valence-corrected chi connectivity index (χ0v) is 14.2. The van der Waals surface area contributed by atoms with Crippen molar-refractivity contribution in [2.75, 3.05) is 0 Å². The van der Waals surface area contributed by atoms with Crippen molar-refractivity contribution >= 4 is 9.52 Å². The van der Waals surface area contributed by atoms with Crippen LogP contribution in [0.25, 0.3) is 0 Å². The van der Waals surface area contributed by atoms with E-state index in [1.165, 1.54) is 37.7 Å². The zero-order chi connectivity index (χ0) is 13.7. The van der Waals surface area contributed by atoms with Crippen LogP contribution in [0.15, 0.2) is 47.6 Å². The zero-order valence-electron chi connectivity index (χ0n) is 12.8. The van der Waals surface area contributed by atoms with E-state index < -0.39 is 0 Å². The van der Waals surface area contributed by atoms with Crippen LogP contribution in [0.5, 0.6) is 0 Å². The summed E-state index contributed by atoms with van der Waals surface area (Å²) in [6.07, 6.45) is 21.2. The first-order valence-electron chi connectivity index (χ1n) is 7.86. The van der Waals surface area contributed by atoms with E-state index >= 15 is 0 Å². The summed E-state index contributed by atoms with van der Waals surface area (Å²) in [5.74, 6) is 0. The predicted molar refractivity (Wildman–Crippen MR) is 89.5 cm³/mol. The van der Waals surface area contributed by atoms with Crippen molar-refractivity contribution in [1.82, 2.24) is 0 Å². The van der Waals surface area contributed by atoms with Crippen LogP contribution in [-0.2, 0) is 0 Å². The highest BCUT2D eigenvalue weighted by Crippen LogP contribution is 2.45. The smallest absolute Gasteiger partial charge is 0.0450 e. The maximum atomic E-state index is 2.55. The van der Waals surface area contributed by atoms with Gasteiger partial charge in [0.15, 0.2) is 0 Å². The van der Waals surface area contributed by atoms with Gasteiger partial charge >= 0.3 is 0 Å². The Morgan fingerprint density at radius 1 is 1.26 bits per heavy atom. The van der Waals surface area contributed by atoms with E-state index in [0.717, 1.165) is 5.54 Å². The van der Waals surface area contributed by atoms with Crippen LogP contribution >= 0.6 is 0 Å². The molecule has 0 aromatic heterocycles. The highest BCUT2D eigenvalue weighted by atomic mass is 28.2. The Balaban J connectivity index is 2.04. The molecule has 0 aliphatic heterocycles. The number of rotatable bonds is 6. The Hall–Kier alpha value is -0.823. The van der Waals surface area contributed by atoms with Gasteiger partial charge in [-0.1, -0.05) is 73.8 Å². The highest BCUT2D eigenvalue weighted by Gasteiger charge is 2.31. The minimum atomic E-state index is -0.155. The SMILES string of the molecule is CCCCCC1([SiH2]C2C=C(C)C=C2C)C=CC=CC1. The lowest BCUT2D eigenvalue weighted by molar-refractivity contribution is 0.552.